The fourth-order valence-corrected chi connectivity index (χ4v) is 4.89. The van der Waals surface area contributed by atoms with E-state index < -0.39 is 0 Å². The van der Waals surface area contributed by atoms with Gasteiger partial charge >= 0.3 is 0 Å². The highest BCUT2D eigenvalue weighted by Gasteiger charge is 2.53. The van der Waals surface area contributed by atoms with Crippen LogP contribution >= 0.6 is 0 Å². The summed E-state index contributed by atoms with van der Waals surface area (Å²) < 4.78 is 0. The Morgan fingerprint density at radius 2 is 2.00 bits per heavy atom. The zero-order chi connectivity index (χ0) is 11.5. The third kappa shape index (κ3) is 1.35. The number of hydrogen-bond donors (Lipinski definition) is 1. The summed E-state index contributed by atoms with van der Waals surface area (Å²) in [5.41, 5.74) is -0.137. The molecule has 4 rings (SSSR count). The standard InChI is InChI=1S/C14H22N2O/c17-13-14(5-1-2-6-14)15-9-16(13)12-8-10-3-4-11(12)7-10/h10-12,15H,1-9H2. The molecule has 3 heteroatoms. The van der Waals surface area contributed by atoms with Crippen molar-refractivity contribution in [3.8, 4) is 0 Å². The summed E-state index contributed by atoms with van der Waals surface area (Å²) in [6.45, 7) is 0.826. The van der Waals surface area contributed by atoms with Crippen molar-refractivity contribution in [2.45, 2.75) is 62.9 Å². The molecule has 2 bridgehead atoms. The minimum Gasteiger partial charge on any atom is -0.325 e. The van der Waals surface area contributed by atoms with Crippen molar-refractivity contribution in [1.29, 1.82) is 0 Å². The molecule has 4 fully saturated rings. The van der Waals surface area contributed by atoms with E-state index in [-0.39, 0.29) is 5.54 Å². The number of nitrogens with zero attached hydrogens (tertiary/aromatic N) is 1. The SMILES string of the molecule is O=C1N(C2CC3CCC2C3)CNC12CCCC2. The van der Waals surface area contributed by atoms with Gasteiger partial charge in [0.1, 0.15) is 0 Å². The lowest BCUT2D eigenvalue weighted by Gasteiger charge is -2.32. The monoisotopic (exact) mass is 234 g/mol. The topological polar surface area (TPSA) is 32.3 Å². The van der Waals surface area contributed by atoms with Crippen LogP contribution in [0.2, 0.25) is 0 Å². The molecule has 4 aliphatic rings. The Balaban J connectivity index is 1.55. The summed E-state index contributed by atoms with van der Waals surface area (Å²) >= 11 is 0. The van der Waals surface area contributed by atoms with Gasteiger partial charge in [0.25, 0.3) is 0 Å². The second-order valence-electron chi connectivity index (χ2n) is 6.64. The van der Waals surface area contributed by atoms with Crippen LogP contribution < -0.4 is 5.32 Å². The van der Waals surface area contributed by atoms with Crippen LogP contribution in [0.25, 0.3) is 0 Å². The molecule has 3 atom stereocenters. The molecular formula is C14H22N2O. The van der Waals surface area contributed by atoms with Gasteiger partial charge in [-0.05, 0) is 43.9 Å². The van der Waals surface area contributed by atoms with E-state index in [1.54, 1.807) is 0 Å². The molecule has 17 heavy (non-hydrogen) atoms. The lowest BCUT2D eigenvalue weighted by Crippen LogP contribution is -2.46. The highest BCUT2D eigenvalue weighted by molar-refractivity contribution is 5.89. The average molecular weight is 234 g/mol. The molecule has 0 aromatic carbocycles. The van der Waals surface area contributed by atoms with Crippen LogP contribution in [0.3, 0.4) is 0 Å². The number of carbonyl (C=O) groups excluding carboxylic acids is 1. The van der Waals surface area contributed by atoms with Crippen LogP contribution in [0.5, 0.6) is 0 Å². The van der Waals surface area contributed by atoms with Gasteiger partial charge in [-0.25, -0.2) is 0 Å². The van der Waals surface area contributed by atoms with Crippen molar-refractivity contribution in [3.63, 3.8) is 0 Å². The van der Waals surface area contributed by atoms with Crippen molar-refractivity contribution in [1.82, 2.24) is 10.2 Å². The van der Waals surface area contributed by atoms with Crippen LogP contribution in [0.4, 0.5) is 0 Å². The van der Waals surface area contributed by atoms with Gasteiger partial charge in [-0.2, -0.15) is 0 Å². The highest BCUT2D eigenvalue weighted by Crippen LogP contribution is 2.48. The summed E-state index contributed by atoms with van der Waals surface area (Å²) in [6, 6.07) is 0.578. The Bertz CT molecular complexity index is 348. The Morgan fingerprint density at radius 3 is 2.65 bits per heavy atom. The van der Waals surface area contributed by atoms with Crippen molar-refractivity contribution >= 4 is 5.91 Å². The van der Waals surface area contributed by atoms with Gasteiger partial charge in [-0.3, -0.25) is 10.1 Å². The summed E-state index contributed by atoms with van der Waals surface area (Å²) in [7, 11) is 0. The molecule has 1 saturated heterocycles. The van der Waals surface area contributed by atoms with Gasteiger partial charge < -0.3 is 4.90 Å². The van der Waals surface area contributed by atoms with E-state index in [9.17, 15) is 4.79 Å². The van der Waals surface area contributed by atoms with Gasteiger partial charge in [0.15, 0.2) is 0 Å². The second-order valence-corrected chi connectivity index (χ2v) is 6.64. The third-order valence-electron chi connectivity index (χ3n) is 5.82. The predicted octanol–water partition coefficient (Wildman–Crippen LogP) is 1.88. The number of hydrogen-bond acceptors (Lipinski definition) is 2. The zero-order valence-corrected chi connectivity index (χ0v) is 10.5. The lowest BCUT2D eigenvalue weighted by molar-refractivity contribution is -0.135. The molecular weight excluding hydrogens is 212 g/mol. The first-order valence-corrected chi connectivity index (χ1v) is 7.35. The molecule has 3 unspecified atom stereocenters. The Hall–Kier alpha value is -0.570. The maximum atomic E-state index is 12.7. The Labute approximate surface area is 103 Å². The first kappa shape index (κ1) is 10.4. The Morgan fingerprint density at radius 1 is 1.18 bits per heavy atom. The van der Waals surface area contributed by atoms with Gasteiger partial charge in [0.2, 0.25) is 5.91 Å². The molecule has 1 N–H and O–H groups in total. The summed E-state index contributed by atoms with van der Waals surface area (Å²) in [5.74, 6) is 2.19. The molecule has 1 heterocycles. The van der Waals surface area contributed by atoms with Crippen molar-refractivity contribution in [2.24, 2.45) is 11.8 Å². The maximum Gasteiger partial charge on any atom is 0.244 e. The molecule has 1 spiro atoms. The summed E-state index contributed by atoms with van der Waals surface area (Å²) in [5, 5.41) is 3.54. The van der Waals surface area contributed by atoms with Crippen molar-refractivity contribution < 1.29 is 4.79 Å². The molecule has 0 aromatic heterocycles. The van der Waals surface area contributed by atoms with Gasteiger partial charge in [0, 0.05) is 6.04 Å². The second kappa shape index (κ2) is 3.47. The molecule has 3 nitrogen and oxygen atoms in total. The highest BCUT2D eigenvalue weighted by atomic mass is 16.2. The van der Waals surface area contributed by atoms with Crippen LogP contribution in [-0.4, -0.2) is 29.1 Å². The minimum absolute atomic E-state index is 0.137. The average Bonchev–Trinajstić information content (AvgIpc) is 3.08. The van der Waals surface area contributed by atoms with E-state index >= 15 is 0 Å². The van der Waals surface area contributed by atoms with E-state index in [0.29, 0.717) is 11.9 Å². The maximum absolute atomic E-state index is 12.7. The lowest BCUT2D eigenvalue weighted by atomic mass is 9.92. The molecule has 3 saturated carbocycles. The predicted molar refractivity (Wildman–Crippen MR) is 65.3 cm³/mol. The quantitative estimate of drug-likeness (QED) is 0.751. The van der Waals surface area contributed by atoms with Crippen LogP contribution in [0.15, 0.2) is 0 Å². The minimum atomic E-state index is -0.137. The summed E-state index contributed by atoms with van der Waals surface area (Å²) in [4.78, 5) is 14.9. The van der Waals surface area contributed by atoms with Crippen LogP contribution in [0, 0.1) is 11.8 Å². The van der Waals surface area contributed by atoms with Gasteiger partial charge in [-0.15, -0.1) is 0 Å². The van der Waals surface area contributed by atoms with E-state index in [0.717, 1.165) is 31.3 Å². The normalized spacial score (nSPS) is 43.2. The van der Waals surface area contributed by atoms with Crippen LogP contribution in [0.1, 0.15) is 51.4 Å². The van der Waals surface area contributed by atoms with E-state index in [2.05, 4.69) is 10.2 Å². The third-order valence-corrected chi connectivity index (χ3v) is 5.82. The molecule has 1 aliphatic heterocycles. The van der Waals surface area contributed by atoms with Crippen molar-refractivity contribution in [2.75, 3.05) is 6.67 Å². The zero-order valence-electron chi connectivity index (χ0n) is 10.5. The van der Waals surface area contributed by atoms with Crippen molar-refractivity contribution in [3.05, 3.63) is 0 Å². The largest absolute Gasteiger partial charge is 0.325 e. The van der Waals surface area contributed by atoms with Crippen LogP contribution in [-0.2, 0) is 4.79 Å². The number of fused-ring (bicyclic) bond motifs is 2. The number of amides is 1. The van der Waals surface area contributed by atoms with Gasteiger partial charge in [-0.1, -0.05) is 19.3 Å². The smallest absolute Gasteiger partial charge is 0.244 e. The Kier molecular flexibility index (Phi) is 2.11. The van der Waals surface area contributed by atoms with E-state index in [1.165, 1.54) is 38.5 Å². The fraction of sp³-hybridized carbons (Fsp3) is 0.929. The molecule has 0 radical (unpaired) electrons. The van der Waals surface area contributed by atoms with Gasteiger partial charge in [0.05, 0.1) is 12.2 Å². The number of rotatable bonds is 1. The first-order valence-electron chi connectivity index (χ1n) is 7.35. The summed E-state index contributed by atoms with van der Waals surface area (Å²) in [6.07, 6.45) is 10.1. The number of carbonyl (C=O) groups is 1. The van der Waals surface area contributed by atoms with E-state index in [1.807, 2.05) is 0 Å². The molecule has 0 aromatic rings. The number of nitrogens with one attached hydrogen (secondary N) is 1. The fourth-order valence-electron chi connectivity index (χ4n) is 4.89. The molecule has 94 valence electrons. The first-order chi connectivity index (χ1) is 8.28. The van der Waals surface area contributed by atoms with E-state index in [4.69, 9.17) is 0 Å². The molecule has 1 amide bonds. The molecule has 3 aliphatic carbocycles.